The van der Waals surface area contributed by atoms with E-state index < -0.39 is 0 Å². The van der Waals surface area contributed by atoms with Gasteiger partial charge >= 0.3 is 0 Å². The van der Waals surface area contributed by atoms with Gasteiger partial charge < -0.3 is 9.30 Å². The molecule has 0 aliphatic rings. The van der Waals surface area contributed by atoms with Gasteiger partial charge in [0.1, 0.15) is 0 Å². The third kappa shape index (κ3) is 4.59. The topological polar surface area (TPSA) is 31.2 Å². The molecule has 0 bridgehead atoms. The lowest BCUT2D eigenvalue weighted by atomic mass is 10.1. The molecule has 4 heteroatoms. The second kappa shape index (κ2) is 8.15. The Balaban J connectivity index is 1.83. The molecule has 0 unspecified atom stereocenters. The minimum atomic E-state index is -0.0216. The van der Waals surface area contributed by atoms with Gasteiger partial charge in [0.2, 0.25) is 0 Å². The summed E-state index contributed by atoms with van der Waals surface area (Å²) < 4.78 is 7.13. The first-order valence-electron chi connectivity index (χ1n) is 8.27. The van der Waals surface area contributed by atoms with Gasteiger partial charge in [-0.05, 0) is 47.4 Å². The lowest BCUT2D eigenvalue weighted by molar-refractivity contribution is 0.134. The molecule has 0 fully saturated rings. The summed E-state index contributed by atoms with van der Waals surface area (Å²) in [6.45, 7) is 3.83. The lowest BCUT2D eigenvalue weighted by Crippen LogP contribution is -2.19. The molecule has 3 rings (SSSR count). The van der Waals surface area contributed by atoms with Crippen LogP contribution in [0.25, 0.3) is 11.1 Å². The van der Waals surface area contributed by atoms with E-state index in [1.54, 1.807) is 10.6 Å². The molecule has 1 aromatic heterocycles. The molecule has 0 N–H and O–H groups in total. The molecule has 0 saturated carbocycles. The van der Waals surface area contributed by atoms with Gasteiger partial charge in [-0.1, -0.05) is 48.0 Å². The minimum Gasteiger partial charge on any atom is -0.377 e. The monoisotopic (exact) mass is 353 g/mol. The molecular weight excluding hydrogens is 334 g/mol. The SMILES string of the molecule is CCOCc1ccc(-c2ccc(=O)n(Cc3ccc(Cl)cc3)c2)cc1. The van der Waals surface area contributed by atoms with Crippen molar-refractivity contribution in [3.8, 4) is 11.1 Å². The Kier molecular flexibility index (Phi) is 5.69. The summed E-state index contributed by atoms with van der Waals surface area (Å²) in [5, 5.41) is 0.692. The second-order valence-corrected chi connectivity index (χ2v) is 6.28. The van der Waals surface area contributed by atoms with Crippen LogP contribution in [0.2, 0.25) is 5.02 Å². The first kappa shape index (κ1) is 17.5. The fourth-order valence-corrected chi connectivity index (χ4v) is 2.75. The van der Waals surface area contributed by atoms with Crippen molar-refractivity contribution in [3.63, 3.8) is 0 Å². The summed E-state index contributed by atoms with van der Waals surface area (Å²) in [6, 6.07) is 19.2. The average Bonchev–Trinajstić information content (AvgIpc) is 2.64. The van der Waals surface area contributed by atoms with Crippen LogP contribution in [0, 0.1) is 0 Å². The van der Waals surface area contributed by atoms with E-state index in [1.165, 1.54) is 0 Å². The van der Waals surface area contributed by atoms with Crippen molar-refractivity contribution in [1.29, 1.82) is 0 Å². The maximum absolute atomic E-state index is 12.2. The Bertz CT molecular complexity index is 883. The van der Waals surface area contributed by atoms with E-state index in [4.69, 9.17) is 16.3 Å². The van der Waals surface area contributed by atoms with Crippen molar-refractivity contribution in [2.24, 2.45) is 0 Å². The second-order valence-electron chi connectivity index (χ2n) is 5.84. The number of pyridine rings is 1. The van der Waals surface area contributed by atoms with Crippen LogP contribution in [0.3, 0.4) is 0 Å². The molecule has 3 aromatic rings. The molecule has 0 saturated heterocycles. The molecule has 0 spiro atoms. The Morgan fingerprint density at radius 3 is 2.20 bits per heavy atom. The van der Waals surface area contributed by atoms with Crippen LogP contribution in [-0.2, 0) is 17.9 Å². The first-order valence-corrected chi connectivity index (χ1v) is 8.65. The van der Waals surface area contributed by atoms with Gasteiger partial charge in [0.05, 0.1) is 13.2 Å². The zero-order valence-electron chi connectivity index (χ0n) is 14.1. The average molecular weight is 354 g/mol. The number of halogens is 1. The highest BCUT2D eigenvalue weighted by Crippen LogP contribution is 2.19. The van der Waals surface area contributed by atoms with Gasteiger partial charge in [-0.15, -0.1) is 0 Å². The molecule has 128 valence electrons. The summed E-state index contributed by atoms with van der Waals surface area (Å²) in [6.07, 6.45) is 1.90. The van der Waals surface area contributed by atoms with E-state index in [1.807, 2.05) is 43.5 Å². The minimum absolute atomic E-state index is 0.0216. The Morgan fingerprint density at radius 2 is 1.52 bits per heavy atom. The zero-order valence-corrected chi connectivity index (χ0v) is 14.9. The molecular formula is C21H20ClNO2. The quantitative estimate of drug-likeness (QED) is 0.640. The van der Waals surface area contributed by atoms with Crippen LogP contribution in [-0.4, -0.2) is 11.2 Å². The lowest BCUT2D eigenvalue weighted by Gasteiger charge is -2.10. The fourth-order valence-electron chi connectivity index (χ4n) is 2.63. The van der Waals surface area contributed by atoms with E-state index in [0.717, 1.165) is 22.3 Å². The molecule has 1 heterocycles. The van der Waals surface area contributed by atoms with Crippen LogP contribution in [0.1, 0.15) is 18.1 Å². The normalized spacial score (nSPS) is 10.8. The standard InChI is InChI=1S/C21H20ClNO2/c1-2-25-15-17-3-7-18(8-4-17)19-9-12-21(24)23(14-19)13-16-5-10-20(22)11-6-16/h3-12,14H,2,13,15H2,1H3. The van der Waals surface area contributed by atoms with Crippen molar-refractivity contribution in [2.45, 2.75) is 20.1 Å². The van der Waals surface area contributed by atoms with Crippen molar-refractivity contribution in [1.82, 2.24) is 4.57 Å². The van der Waals surface area contributed by atoms with E-state index >= 15 is 0 Å². The van der Waals surface area contributed by atoms with Crippen LogP contribution >= 0.6 is 11.6 Å². The molecule has 25 heavy (non-hydrogen) atoms. The number of rotatable bonds is 6. The molecule has 3 nitrogen and oxygen atoms in total. The summed E-state index contributed by atoms with van der Waals surface area (Å²) >= 11 is 5.92. The van der Waals surface area contributed by atoms with Crippen LogP contribution < -0.4 is 5.56 Å². The maximum atomic E-state index is 12.2. The number of benzene rings is 2. The van der Waals surface area contributed by atoms with Gasteiger partial charge in [-0.25, -0.2) is 0 Å². The number of nitrogens with zero attached hydrogens (tertiary/aromatic N) is 1. The van der Waals surface area contributed by atoms with E-state index in [-0.39, 0.29) is 5.56 Å². The van der Waals surface area contributed by atoms with Gasteiger partial charge in [-0.2, -0.15) is 0 Å². The van der Waals surface area contributed by atoms with Crippen molar-refractivity contribution in [2.75, 3.05) is 6.61 Å². The maximum Gasteiger partial charge on any atom is 0.250 e. The van der Waals surface area contributed by atoms with Gasteiger partial charge in [0.25, 0.3) is 5.56 Å². The number of ether oxygens (including phenoxy) is 1. The highest BCUT2D eigenvalue weighted by Gasteiger charge is 2.03. The van der Waals surface area contributed by atoms with E-state index in [2.05, 4.69) is 24.3 Å². The largest absolute Gasteiger partial charge is 0.377 e. The predicted octanol–water partition coefficient (Wildman–Crippen LogP) is 4.75. The first-order chi connectivity index (χ1) is 12.2. The van der Waals surface area contributed by atoms with Crippen molar-refractivity contribution in [3.05, 3.63) is 93.4 Å². The number of hydrogen-bond acceptors (Lipinski definition) is 2. The molecule has 0 amide bonds. The number of aromatic nitrogens is 1. The third-order valence-corrected chi connectivity index (χ3v) is 4.26. The number of hydrogen-bond donors (Lipinski definition) is 0. The van der Waals surface area contributed by atoms with Crippen molar-refractivity contribution >= 4 is 11.6 Å². The highest BCUT2D eigenvalue weighted by atomic mass is 35.5. The van der Waals surface area contributed by atoms with Crippen LogP contribution in [0.4, 0.5) is 0 Å². The van der Waals surface area contributed by atoms with Crippen LogP contribution in [0.5, 0.6) is 0 Å². The Labute approximate surface area is 152 Å². The van der Waals surface area contributed by atoms with E-state index in [9.17, 15) is 4.79 Å². The summed E-state index contributed by atoms with van der Waals surface area (Å²) in [5.41, 5.74) is 4.24. The highest BCUT2D eigenvalue weighted by molar-refractivity contribution is 6.30. The third-order valence-electron chi connectivity index (χ3n) is 4.01. The van der Waals surface area contributed by atoms with Crippen molar-refractivity contribution < 1.29 is 4.74 Å². The van der Waals surface area contributed by atoms with Gasteiger partial charge in [0.15, 0.2) is 0 Å². The smallest absolute Gasteiger partial charge is 0.250 e. The molecule has 0 aliphatic carbocycles. The molecule has 0 atom stereocenters. The molecule has 0 aliphatic heterocycles. The fraction of sp³-hybridized carbons (Fsp3) is 0.190. The van der Waals surface area contributed by atoms with Gasteiger partial charge in [-0.3, -0.25) is 4.79 Å². The Hall–Kier alpha value is -2.36. The molecule has 0 radical (unpaired) electrons. The van der Waals surface area contributed by atoms with Gasteiger partial charge in [0, 0.05) is 23.9 Å². The summed E-state index contributed by atoms with van der Waals surface area (Å²) in [7, 11) is 0. The zero-order chi connectivity index (χ0) is 17.6. The predicted molar refractivity (Wildman–Crippen MR) is 102 cm³/mol. The van der Waals surface area contributed by atoms with Crippen LogP contribution in [0.15, 0.2) is 71.7 Å². The summed E-state index contributed by atoms with van der Waals surface area (Å²) in [5.74, 6) is 0. The summed E-state index contributed by atoms with van der Waals surface area (Å²) in [4.78, 5) is 12.2. The molecule has 2 aromatic carbocycles. The Morgan fingerprint density at radius 1 is 0.880 bits per heavy atom. The van der Waals surface area contributed by atoms with E-state index in [0.29, 0.717) is 24.8 Å².